The van der Waals surface area contributed by atoms with Crippen molar-refractivity contribution in [2.45, 2.75) is 6.92 Å². The predicted molar refractivity (Wildman–Crippen MR) is 323 cm³/mol. The number of carbonyl (C=O) groups is 3. The Morgan fingerprint density at radius 3 is 1.52 bits per heavy atom. The molecule has 9 aromatic rings. The highest BCUT2D eigenvalue weighted by Crippen LogP contribution is 2.27. The number of aromatic nitrogens is 16. The highest BCUT2D eigenvalue weighted by Gasteiger charge is 2.27. The summed E-state index contributed by atoms with van der Waals surface area (Å²) in [6.07, 6.45) is 8.68. The van der Waals surface area contributed by atoms with E-state index in [-0.39, 0.29) is 51.9 Å². The Hall–Kier alpha value is -9.76. The van der Waals surface area contributed by atoms with Gasteiger partial charge in [-0.2, -0.15) is 14.5 Å². The number of sulfonamides is 1. The molecule has 1 saturated heterocycles. The molecule has 0 saturated carbocycles. The summed E-state index contributed by atoms with van der Waals surface area (Å²) >= 11 is 9.35. The Labute approximate surface area is 507 Å². The summed E-state index contributed by atoms with van der Waals surface area (Å²) in [5.41, 5.74) is 45.1. The number of nitrogen functional groups attached to an aromatic ring is 8. The quantitative estimate of drug-likeness (QED) is 0.0308. The maximum Gasteiger partial charge on any atom is 0.360 e. The smallest absolute Gasteiger partial charge is 0.360 e. The van der Waals surface area contributed by atoms with Crippen molar-refractivity contribution in [3.05, 3.63) is 117 Å². The summed E-state index contributed by atoms with van der Waals surface area (Å²) in [7, 11) is -0.678. The van der Waals surface area contributed by atoms with Crippen molar-refractivity contribution in [1.29, 1.82) is 0 Å². The lowest BCUT2D eigenvalue weighted by Crippen LogP contribution is -2.49. The molecule has 8 heterocycles. The molecule has 19 N–H and O–H groups in total. The second-order valence-corrected chi connectivity index (χ2v) is 21.2. The fourth-order valence-corrected chi connectivity index (χ4v) is 8.76. The van der Waals surface area contributed by atoms with Gasteiger partial charge in [-0.15, -0.1) is 0 Å². The minimum absolute atomic E-state index is 0.00637. The van der Waals surface area contributed by atoms with Crippen molar-refractivity contribution < 1.29 is 32.3 Å². The monoisotopic (exact) mass is 1380 g/mol. The Balaban J connectivity index is 0.000000182. The lowest BCUT2D eigenvalue weighted by molar-refractivity contribution is 0.0586. The van der Waals surface area contributed by atoms with Gasteiger partial charge in [0.1, 0.15) is 19.6 Å². The van der Waals surface area contributed by atoms with Gasteiger partial charge in [0, 0.05) is 61.1 Å². The third-order valence-electron chi connectivity index (χ3n) is 11.0. The number of H-pyrrole nitrogens is 2. The van der Waals surface area contributed by atoms with Gasteiger partial charge in [0.15, 0.2) is 80.9 Å². The molecule has 0 aliphatic carbocycles. The van der Waals surface area contributed by atoms with Crippen molar-refractivity contribution in [2.24, 2.45) is 5.84 Å². The van der Waals surface area contributed by atoms with Crippen LogP contribution in [0.25, 0.3) is 45.8 Å². The maximum atomic E-state index is 12.1. The topological polar surface area (TPSA) is 543 Å². The van der Waals surface area contributed by atoms with Crippen LogP contribution in [0.1, 0.15) is 38.4 Å². The van der Waals surface area contributed by atoms with Gasteiger partial charge in [-0.1, -0.05) is 24.3 Å². The Morgan fingerprint density at radius 1 is 0.576 bits per heavy atom. The average Bonchev–Trinajstić information content (AvgIpc) is 3.32. The summed E-state index contributed by atoms with van der Waals surface area (Å²) in [5.74, 6) is 6.38. The molecule has 0 unspecified atom stereocenters. The van der Waals surface area contributed by atoms with Crippen molar-refractivity contribution >= 4 is 122 Å². The van der Waals surface area contributed by atoms with Crippen molar-refractivity contribution in [3.8, 4) is 45.8 Å². The van der Waals surface area contributed by atoms with E-state index in [2.05, 4.69) is 137 Å². The summed E-state index contributed by atoms with van der Waals surface area (Å²) in [5, 5.41) is 14.0. The minimum Gasteiger partial charge on any atom is -0.464 e. The molecule has 0 bridgehead atoms. The van der Waals surface area contributed by atoms with Gasteiger partial charge in [0.2, 0.25) is 10.0 Å². The zero-order chi connectivity index (χ0) is 62.0. The van der Waals surface area contributed by atoms with Gasteiger partial charge in [-0.25, -0.2) is 83.7 Å². The van der Waals surface area contributed by atoms with Crippen molar-refractivity contribution in [1.82, 2.24) is 89.9 Å². The number of nitrogens with zero attached hydrogens (tertiary/aromatic N) is 16. The van der Waals surface area contributed by atoms with Crippen LogP contribution in [-0.4, -0.2) is 157 Å². The number of hydrogen-bond donors (Lipinski definition) is 11. The van der Waals surface area contributed by atoms with Crippen LogP contribution in [0, 0.1) is 0 Å². The van der Waals surface area contributed by atoms with Gasteiger partial charge in [0.05, 0.1) is 44.8 Å². The number of hydrazine groups is 1. The van der Waals surface area contributed by atoms with E-state index in [1.807, 2.05) is 34.6 Å². The molecule has 0 spiro atoms. The molecule has 0 atom stereocenters. The number of hydrogen-bond acceptors (Lipinski definition) is 30. The lowest BCUT2D eigenvalue weighted by Gasteiger charge is -2.34. The molecule has 7 aromatic heterocycles. The van der Waals surface area contributed by atoms with Crippen LogP contribution in [0.3, 0.4) is 0 Å². The van der Waals surface area contributed by atoms with E-state index < -0.39 is 27.9 Å². The molecule has 38 heteroatoms. The molecule has 444 valence electrons. The molecule has 34 nitrogen and oxygen atoms in total. The van der Waals surface area contributed by atoms with Crippen LogP contribution in [0.5, 0.6) is 0 Å². The fourth-order valence-electron chi connectivity index (χ4n) is 6.83. The number of ether oxygens (including phenoxy) is 2. The summed E-state index contributed by atoms with van der Waals surface area (Å²) in [6, 6.07) is 14.6. The van der Waals surface area contributed by atoms with Crippen molar-refractivity contribution in [3.63, 3.8) is 0 Å². The van der Waals surface area contributed by atoms with Gasteiger partial charge >= 0.3 is 11.9 Å². The second kappa shape index (κ2) is 30.0. The van der Waals surface area contributed by atoms with Crippen molar-refractivity contribution in [2.75, 3.05) is 91.2 Å². The Bertz CT molecular complexity index is 3850. The minimum atomic E-state index is -3.19. The molecule has 2 aromatic carbocycles. The Kier molecular flexibility index (Phi) is 22.7. The van der Waals surface area contributed by atoms with Crippen LogP contribution in [0.4, 0.5) is 46.3 Å². The van der Waals surface area contributed by atoms with Gasteiger partial charge < -0.3 is 54.5 Å². The average molecular weight is 1380 g/mol. The third kappa shape index (κ3) is 17.6. The van der Waals surface area contributed by atoms with Gasteiger partial charge in [-0.3, -0.25) is 20.4 Å². The van der Waals surface area contributed by atoms with Crippen LogP contribution in [0.2, 0.25) is 0 Å². The first-order valence-corrected chi connectivity index (χ1v) is 28.1. The molecule has 10 rings (SSSR count). The second-order valence-electron chi connectivity index (χ2n) is 16.5. The SMILES string of the molecule is CCS(=O)(=O)N1CCN(c2cnc(N)c(-c3nc(-c4cccc(N)c4)n[nH]3)n2)CC1.COC(=O)c1nc(Br)cnc1N.COC(=O)c1nccnc1N.NNC(=O)c1nc(Br)cnc1N.Nc1cccc(-c2n[nH]c(-c3nc(Br)cnc3N)n2)c1. The number of nitrogens with one attached hydrogen (secondary N) is 3. The van der Waals surface area contributed by atoms with Crippen LogP contribution >= 0.6 is 47.8 Å². The third-order valence-corrected chi connectivity index (χ3v) is 14.0. The fraction of sp³-hybridized carbons (Fsp3) is 0.170. The number of amides is 1. The lowest BCUT2D eigenvalue weighted by atomic mass is 10.2. The molecule has 1 amide bonds. The van der Waals surface area contributed by atoms with E-state index in [9.17, 15) is 22.8 Å². The van der Waals surface area contributed by atoms with E-state index in [0.717, 1.165) is 11.1 Å². The molecule has 1 aliphatic heterocycles. The molecular weight excluding hydrogens is 1330 g/mol. The van der Waals surface area contributed by atoms with E-state index >= 15 is 0 Å². The maximum absolute atomic E-state index is 12.1. The summed E-state index contributed by atoms with van der Waals surface area (Å²) in [4.78, 5) is 83.0. The zero-order valence-corrected chi connectivity index (χ0v) is 50.4. The number of piperazine rings is 1. The molecule has 1 aliphatic rings. The number of rotatable bonds is 10. The van der Waals surface area contributed by atoms with E-state index in [0.29, 0.717) is 91.9 Å². The van der Waals surface area contributed by atoms with E-state index in [1.54, 1.807) is 37.4 Å². The number of carbonyl (C=O) groups excluding carboxylic acids is 3. The standard InChI is InChI=1S/C18H23N9O2S.C12H10BrN7.C6H6BrN3O2.C6H7N3O2.C5H6BrN5O/c1-2-30(28,29)27-8-6-26(7-9-27)14-11-21-16(20)15(22-14)18-23-17(24-25-18)12-4-3-5-13(19)10-12;13-8-5-16-10(15)9(17-8)12-18-11(19-20-12)6-2-1-3-7(14)4-6;1-12-6(11)4-5(8)9-2-3(7)10-4;1-11-6(10)4-5(7)9-3-2-8-4;6-2-1-9-4(7)3(10-2)5(12)11-8/h3-5,10-11H,2,6-9,19H2,1H3,(H2,20,21)(H,23,24,25);1-5H,14H2,(H2,15,16)(H,18,19,20);2H,1H3,(H2,8,9);2-3H,1H3,(H2,7,9);1H,8H2,(H2,7,9)(H,11,12). The largest absolute Gasteiger partial charge is 0.464 e. The van der Waals surface area contributed by atoms with Gasteiger partial charge in [-0.05, 0) is 79.0 Å². The number of nitrogens with two attached hydrogens (primary N) is 8. The Morgan fingerprint density at radius 2 is 1.02 bits per heavy atom. The summed E-state index contributed by atoms with van der Waals surface area (Å²) in [6.45, 7) is 3.48. The number of esters is 2. The number of methoxy groups -OCH3 is 2. The number of anilines is 8. The highest BCUT2D eigenvalue weighted by atomic mass is 79.9. The van der Waals surface area contributed by atoms with Crippen LogP contribution in [0.15, 0.2) is 99.5 Å². The molecule has 0 radical (unpaired) electrons. The first kappa shape index (κ1) is 64.4. The normalized spacial score (nSPS) is 11.8. The van der Waals surface area contributed by atoms with Crippen LogP contribution in [-0.2, 0) is 19.5 Å². The molecular formula is C47H52Br3N27O7S. The predicted octanol–water partition coefficient (Wildman–Crippen LogP) is 2.30. The molecule has 1 fully saturated rings. The van der Waals surface area contributed by atoms with E-state index in [4.69, 9.17) is 46.0 Å². The number of halogens is 3. The number of aromatic amines is 2. The first-order chi connectivity index (χ1) is 40.5. The molecule has 85 heavy (non-hydrogen) atoms. The first-order valence-electron chi connectivity index (χ1n) is 24.1. The van der Waals surface area contributed by atoms with Gasteiger partial charge in [0.25, 0.3) is 5.91 Å². The number of benzene rings is 2. The zero-order valence-electron chi connectivity index (χ0n) is 44.8. The van der Waals surface area contributed by atoms with Crippen LogP contribution < -0.4 is 56.3 Å². The van der Waals surface area contributed by atoms with E-state index in [1.165, 1.54) is 49.5 Å². The summed E-state index contributed by atoms with van der Waals surface area (Å²) < 4.78 is 35.9. The highest BCUT2D eigenvalue weighted by molar-refractivity contribution is 9.11.